The fourth-order valence-corrected chi connectivity index (χ4v) is 2.05. The van der Waals surface area contributed by atoms with E-state index >= 15 is 0 Å². The van der Waals surface area contributed by atoms with Gasteiger partial charge in [-0.25, -0.2) is 0 Å². The zero-order valence-corrected chi connectivity index (χ0v) is 11.9. The summed E-state index contributed by atoms with van der Waals surface area (Å²) in [6.07, 6.45) is -4.76. The number of rotatable bonds is 4. The van der Waals surface area contributed by atoms with Gasteiger partial charge in [-0.3, -0.25) is 4.79 Å². The number of methoxy groups -OCH3 is 1. The first-order valence-electron chi connectivity index (χ1n) is 6.35. The average molecular weight is 310 g/mol. The molecule has 0 aromatic heterocycles. The smallest absolute Gasteiger partial charge is 0.497 e. The Labute approximate surface area is 125 Å². The van der Waals surface area contributed by atoms with E-state index in [1.54, 1.807) is 24.3 Å². The first-order valence-corrected chi connectivity index (χ1v) is 6.35. The number of carbonyl (C=O) groups is 1. The summed E-state index contributed by atoms with van der Waals surface area (Å²) in [4.78, 5) is 11.8. The molecule has 0 atom stereocenters. The van der Waals surface area contributed by atoms with Crippen LogP contribution in [-0.2, 0) is 0 Å². The fraction of sp³-hybridized carbons (Fsp3) is 0.188. The number of alkyl halides is 3. The van der Waals surface area contributed by atoms with Crippen molar-refractivity contribution in [1.82, 2.24) is 0 Å². The van der Waals surface area contributed by atoms with Crippen LogP contribution in [0.25, 0.3) is 11.1 Å². The maximum absolute atomic E-state index is 12.3. The topological polar surface area (TPSA) is 35.5 Å². The van der Waals surface area contributed by atoms with Crippen molar-refractivity contribution < 1.29 is 27.4 Å². The van der Waals surface area contributed by atoms with Crippen LogP contribution in [0.2, 0.25) is 0 Å². The summed E-state index contributed by atoms with van der Waals surface area (Å²) in [5.41, 5.74) is 1.33. The van der Waals surface area contributed by atoms with E-state index in [1.165, 1.54) is 32.2 Å². The minimum Gasteiger partial charge on any atom is -0.497 e. The average Bonchev–Trinajstić information content (AvgIpc) is 2.45. The summed E-state index contributed by atoms with van der Waals surface area (Å²) in [6, 6.07) is 10.3. The van der Waals surface area contributed by atoms with Gasteiger partial charge in [0.1, 0.15) is 11.5 Å². The lowest BCUT2D eigenvalue weighted by Gasteiger charge is -2.12. The van der Waals surface area contributed by atoms with Crippen molar-refractivity contribution in [3.05, 3.63) is 48.0 Å². The third kappa shape index (κ3) is 3.78. The summed E-state index contributed by atoms with van der Waals surface area (Å²) in [7, 11) is 1.47. The van der Waals surface area contributed by atoms with Gasteiger partial charge in [-0.2, -0.15) is 0 Å². The van der Waals surface area contributed by atoms with E-state index < -0.39 is 6.36 Å². The lowest BCUT2D eigenvalue weighted by molar-refractivity contribution is -0.274. The zero-order chi connectivity index (χ0) is 16.3. The van der Waals surface area contributed by atoms with Gasteiger partial charge >= 0.3 is 6.36 Å². The van der Waals surface area contributed by atoms with Crippen molar-refractivity contribution in [2.24, 2.45) is 0 Å². The third-order valence-electron chi connectivity index (χ3n) is 2.98. The van der Waals surface area contributed by atoms with E-state index in [0.29, 0.717) is 22.4 Å². The molecule has 0 N–H and O–H groups in total. The molecular formula is C16H13F3O3. The van der Waals surface area contributed by atoms with Crippen molar-refractivity contribution in [1.29, 1.82) is 0 Å². The van der Waals surface area contributed by atoms with Crippen LogP contribution in [-0.4, -0.2) is 19.3 Å². The molecule has 0 unspecified atom stereocenters. The van der Waals surface area contributed by atoms with Crippen LogP contribution < -0.4 is 9.47 Å². The minimum atomic E-state index is -4.76. The molecule has 0 radical (unpaired) electrons. The lowest BCUT2D eigenvalue weighted by Crippen LogP contribution is -2.17. The molecule has 0 amide bonds. The van der Waals surface area contributed by atoms with E-state index in [-0.39, 0.29) is 11.5 Å². The molecule has 3 nitrogen and oxygen atoms in total. The molecule has 2 aromatic carbocycles. The highest BCUT2D eigenvalue weighted by Crippen LogP contribution is 2.31. The second kappa shape index (κ2) is 6.09. The molecule has 0 fully saturated rings. The number of hydrogen-bond acceptors (Lipinski definition) is 3. The van der Waals surface area contributed by atoms with Gasteiger partial charge in [-0.05, 0) is 48.4 Å². The van der Waals surface area contributed by atoms with Crippen LogP contribution >= 0.6 is 0 Å². The summed E-state index contributed by atoms with van der Waals surface area (Å²) in [5, 5.41) is 0. The van der Waals surface area contributed by atoms with Crippen LogP contribution in [0.15, 0.2) is 42.5 Å². The first-order chi connectivity index (χ1) is 10.3. The maximum Gasteiger partial charge on any atom is 0.573 e. The molecular weight excluding hydrogens is 297 g/mol. The van der Waals surface area contributed by atoms with E-state index in [1.807, 2.05) is 0 Å². The number of Topliss-reactive ketones (excluding diaryl/α,β-unsaturated/α-hetero) is 1. The molecule has 0 bridgehead atoms. The van der Waals surface area contributed by atoms with Crippen molar-refractivity contribution in [3.8, 4) is 22.6 Å². The highest BCUT2D eigenvalue weighted by atomic mass is 19.4. The number of halogens is 3. The lowest BCUT2D eigenvalue weighted by atomic mass is 9.97. The quantitative estimate of drug-likeness (QED) is 0.782. The summed E-state index contributed by atoms with van der Waals surface area (Å²) in [6.45, 7) is 1.38. The number of ketones is 1. The van der Waals surface area contributed by atoms with Gasteiger partial charge in [0.15, 0.2) is 5.78 Å². The molecule has 0 heterocycles. The molecule has 0 aliphatic rings. The second-order valence-corrected chi connectivity index (χ2v) is 4.54. The van der Waals surface area contributed by atoms with Crippen LogP contribution in [0.5, 0.6) is 11.5 Å². The summed E-state index contributed by atoms with van der Waals surface area (Å²) in [5.74, 6) is -0.0528. The summed E-state index contributed by atoms with van der Waals surface area (Å²) >= 11 is 0. The van der Waals surface area contributed by atoms with Gasteiger partial charge in [0.05, 0.1) is 7.11 Å². The SMILES string of the molecule is COc1ccc(-c2cccc(OC(F)(F)F)c2)c(C(C)=O)c1. The minimum absolute atomic E-state index is 0.212. The predicted octanol–water partition coefficient (Wildman–Crippen LogP) is 4.46. The van der Waals surface area contributed by atoms with Gasteiger partial charge in [0, 0.05) is 5.56 Å². The van der Waals surface area contributed by atoms with Gasteiger partial charge < -0.3 is 9.47 Å². The highest BCUT2D eigenvalue weighted by molar-refractivity contribution is 6.01. The second-order valence-electron chi connectivity index (χ2n) is 4.54. The number of ether oxygens (including phenoxy) is 2. The number of hydrogen-bond donors (Lipinski definition) is 0. The van der Waals surface area contributed by atoms with E-state index in [9.17, 15) is 18.0 Å². The first kappa shape index (κ1) is 15.9. The molecule has 2 rings (SSSR count). The Bertz CT molecular complexity index is 693. The number of benzene rings is 2. The van der Waals surface area contributed by atoms with E-state index in [2.05, 4.69) is 4.74 Å². The molecule has 0 aliphatic carbocycles. The Morgan fingerprint density at radius 1 is 1.05 bits per heavy atom. The third-order valence-corrected chi connectivity index (χ3v) is 2.98. The van der Waals surface area contributed by atoms with E-state index in [4.69, 9.17) is 4.74 Å². The van der Waals surface area contributed by atoms with Crippen LogP contribution in [0.3, 0.4) is 0 Å². The van der Waals surface area contributed by atoms with Crippen molar-refractivity contribution in [2.45, 2.75) is 13.3 Å². The monoisotopic (exact) mass is 310 g/mol. The fourth-order valence-electron chi connectivity index (χ4n) is 2.05. The highest BCUT2D eigenvalue weighted by Gasteiger charge is 2.31. The molecule has 0 aliphatic heterocycles. The van der Waals surface area contributed by atoms with Crippen LogP contribution in [0.1, 0.15) is 17.3 Å². The molecule has 22 heavy (non-hydrogen) atoms. The Morgan fingerprint density at radius 2 is 1.77 bits per heavy atom. The Kier molecular flexibility index (Phi) is 4.40. The van der Waals surface area contributed by atoms with Gasteiger partial charge in [0.2, 0.25) is 0 Å². The largest absolute Gasteiger partial charge is 0.573 e. The molecule has 0 saturated carbocycles. The van der Waals surface area contributed by atoms with Gasteiger partial charge in [-0.15, -0.1) is 13.2 Å². The Balaban J connectivity index is 2.48. The van der Waals surface area contributed by atoms with Crippen molar-refractivity contribution >= 4 is 5.78 Å². The van der Waals surface area contributed by atoms with Crippen molar-refractivity contribution in [3.63, 3.8) is 0 Å². The number of carbonyl (C=O) groups excluding carboxylic acids is 1. The molecule has 0 spiro atoms. The maximum atomic E-state index is 12.3. The molecule has 0 saturated heterocycles. The predicted molar refractivity (Wildman–Crippen MR) is 75.1 cm³/mol. The standard InChI is InChI=1S/C16H13F3O3/c1-10(20)15-9-12(21-2)6-7-14(15)11-4-3-5-13(8-11)22-16(17,18)19/h3-9H,1-2H3. The van der Waals surface area contributed by atoms with Crippen LogP contribution in [0.4, 0.5) is 13.2 Å². The summed E-state index contributed by atoms with van der Waals surface area (Å²) < 4.78 is 45.8. The van der Waals surface area contributed by atoms with Gasteiger partial charge in [-0.1, -0.05) is 12.1 Å². The molecule has 2 aromatic rings. The Hall–Kier alpha value is -2.50. The van der Waals surface area contributed by atoms with Gasteiger partial charge in [0.25, 0.3) is 0 Å². The molecule has 6 heteroatoms. The van der Waals surface area contributed by atoms with Crippen LogP contribution in [0, 0.1) is 0 Å². The normalized spacial score (nSPS) is 11.1. The Morgan fingerprint density at radius 3 is 2.36 bits per heavy atom. The van der Waals surface area contributed by atoms with Crippen molar-refractivity contribution in [2.75, 3.05) is 7.11 Å². The molecule has 116 valence electrons. The van der Waals surface area contributed by atoms with E-state index in [0.717, 1.165) is 0 Å². The zero-order valence-electron chi connectivity index (χ0n) is 11.9.